The van der Waals surface area contributed by atoms with Crippen LogP contribution >= 0.6 is 0 Å². The maximum Gasteiger partial charge on any atom is 0.123 e. The second kappa shape index (κ2) is 2.57. The van der Waals surface area contributed by atoms with E-state index in [4.69, 9.17) is 4.74 Å². The highest BCUT2D eigenvalue weighted by atomic mass is 16.5. The molecular formula is C10H11O. The first-order chi connectivity index (χ1) is 5.36. The van der Waals surface area contributed by atoms with Crippen LogP contribution in [0.25, 0.3) is 0 Å². The Labute approximate surface area is 67.0 Å². The number of hydrogen-bond acceptors (Lipinski definition) is 1. The van der Waals surface area contributed by atoms with Gasteiger partial charge in [-0.2, -0.15) is 0 Å². The lowest BCUT2D eigenvalue weighted by Gasteiger charge is -2.21. The summed E-state index contributed by atoms with van der Waals surface area (Å²) in [6.07, 6.45) is 1.14. The van der Waals surface area contributed by atoms with E-state index in [0.717, 1.165) is 18.8 Å². The summed E-state index contributed by atoms with van der Waals surface area (Å²) in [5.74, 6) is 1.68. The van der Waals surface area contributed by atoms with Gasteiger partial charge in [0, 0.05) is 0 Å². The largest absolute Gasteiger partial charge is 0.493 e. The van der Waals surface area contributed by atoms with Crippen molar-refractivity contribution in [1.82, 2.24) is 0 Å². The van der Waals surface area contributed by atoms with Crippen molar-refractivity contribution in [2.45, 2.75) is 13.3 Å². The molecule has 0 N–H and O–H groups in total. The van der Waals surface area contributed by atoms with Crippen LogP contribution in [0, 0.1) is 12.0 Å². The highest BCUT2D eigenvalue weighted by Gasteiger charge is 2.14. The molecule has 1 heterocycles. The summed E-state index contributed by atoms with van der Waals surface area (Å²) in [6.45, 7) is 3.06. The Morgan fingerprint density at radius 1 is 1.64 bits per heavy atom. The Kier molecular flexibility index (Phi) is 1.57. The number of ether oxygens (including phenoxy) is 1. The van der Waals surface area contributed by atoms with Crippen molar-refractivity contribution in [1.29, 1.82) is 0 Å². The first kappa shape index (κ1) is 6.71. The maximum absolute atomic E-state index is 5.50. The molecule has 1 aliphatic heterocycles. The molecule has 2 rings (SSSR count). The van der Waals surface area contributed by atoms with E-state index in [9.17, 15) is 0 Å². The number of fused-ring (bicyclic) bond motifs is 1. The van der Waals surface area contributed by atoms with Crippen LogP contribution in [0.3, 0.4) is 0 Å². The Morgan fingerprint density at radius 2 is 2.55 bits per heavy atom. The number of benzene rings is 1. The summed E-state index contributed by atoms with van der Waals surface area (Å²) in [7, 11) is 0. The Morgan fingerprint density at radius 3 is 3.45 bits per heavy atom. The molecule has 0 spiro atoms. The zero-order valence-corrected chi connectivity index (χ0v) is 6.63. The van der Waals surface area contributed by atoms with Gasteiger partial charge in [0.2, 0.25) is 0 Å². The van der Waals surface area contributed by atoms with Crippen molar-refractivity contribution in [2.75, 3.05) is 6.61 Å². The van der Waals surface area contributed by atoms with Gasteiger partial charge in [0.25, 0.3) is 0 Å². The molecule has 0 fully saturated rings. The summed E-state index contributed by atoms with van der Waals surface area (Å²) < 4.78 is 5.50. The molecule has 1 heteroatoms. The maximum atomic E-state index is 5.50. The average molecular weight is 147 g/mol. The normalized spacial score (nSPS) is 22.1. The Bertz CT molecular complexity index is 255. The molecule has 1 aromatic carbocycles. The molecule has 0 bridgehead atoms. The molecule has 0 aliphatic carbocycles. The van der Waals surface area contributed by atoms with Crippen molar-refractivity contribution in [3.8, 4) is 5.75 Å². The molecule has 0 saturated carbocycles. The SMILES string of the molecule is CC1COc2c[c]ccc2C1. The fraction of sp³-hybridized carbons (Fsp3) is 0.400. The van der Waals surface area contributed by atoms with Crippen LogP contribution in [0.5, 0.6) is 5.75 Å². The molecule has 1 unspecified atom stereocenters. The van der Waals surface area contributed by atoms with E-state index < -0.39 is 0 Å². The van der Waals surface area contributed by atoms with Crippen LogP contribution < -0.4 is 4.74 Å². The second-order valence-electron chi connectivity index (χ2n) is 3.15. The number of rotatable bonds is 0. The molecule has 11 heavy (non-hydrogen) atoms. The molecule has 0 amide bonds. The molecule has 57 valence electrons. The van der Waals surface area contributed by atoms with Crippen LogP contribution in [0.2, 0.25) is 0 Å². The Balaban J connectivity index is 2.34. The third-order valence-electron chi connectivity index (χ3n) is 2.00. The second-order valence-corrected chi connectivity index (χ2v) is 3.15. The van der Waals surface area contributed by atoms with Crippen LogP contribution in [0.4, 0.5) is 0 Å². The predicted molar refractivity (Wildman–Crippen MR) is 43.6 cm³/mol. The van der Waals surface area contributed by atoms with Gasteiger partial charge < -0.3 is 4.74 Å². The molecule has 0 saturated heterocycles. The van der Waals surface area contributed by atoms with Crippen LogP contribution in [-0.4, -0.2) is 6.61 Å². The Hall–Kier alpha value is -0.980. The van der Waals surface area contributed by atoms with E-state index in [0.29, 0.717) is 5.92 Å². The van der Waals surface area contributed by atoms with Crippen molar-refractivity contribution in [2.24, 2.45) is 5.92 Å². The van der Waals surface area contributed by atoms with E-state index in [1.165, 1.54) is 5.56 Å². The van der Waals surface area contributed by atoms with Crippen LogP contribution in [-0.2, 0) is 6.42 Å². The van der Waals surface area contributed by atoms with Gasteiger partial charge in [-0.1, -0.05) is 19.1 Å². The molecule has 1 aliphatic rings. The zero-order chi connectivity index (χ0) is 7.68. The fourth-order valence-electron chi connectivity index (χ4n) is 1.42. The van der Waals surface area contributed by atoms with E-state index in [-0.39, 0.29) is 0 Å². The van der Waals surface area contributed by atoms with Crippen molar-refractivity contribution >= 4 is 0 Å². The minimum atomic E-state index is 0.657. The predicted octanol–water partition coefficient (Wildman–Crippen LogP) is 2.06. The quantitative estimate of drug-likeness (QED) is 0.545. The summed E-state index contributed by atoms with van der Waals surface area (Å²) in [6, 6.07) is 8.96. The van der Waals surface area contributed by atoms with Gasteiger partial charge in [0.1, 0.15) is 5.75 Å². The van der Waals surface area contributed by atoms with Gasteiger partial charge in [0.15, 0.2) is 0 Å². The van der Waals surface area contributed by atoms with Gasteiger partial charge in [-0.25, -0.2) is 0 Å². The van der Waals surface area contributed by atoms with Crippen LogP contribution in [0.1, 0.15) is 12.5 Å². The molecule has 1 atom stereocenters. The monoisotopic (exact) mass is 147 g/mol. The summed E-state index contributed by atoms with van der Waals surface area (Å²) >= 11 is 0. The van der Waals surface area contributed by atoms with Gasteiger partial charge in [-0.05, 0) is 30.0 Å². The highest BCUT2D eigenvalue weighted by molar-refractivity contribution is 5.34. The summed E-state index contributed by atoms with van der Waals surface area (Å²) in [4.78, 5) is 0. The summed E-state index contributed by atoms with van der Waals surface area (Å²) in [5, 5.41) is 0. The molecule has 0 aromatic heterocycles. The van der Waals surface area contributed by atoms with Crippen molar-refractivity contribution in [3.63, 3.8) is 0 Å². The van der Waals surface area contributed by atoms with E-state index >= 15 is 0 Å². The highest BCUT2D eigenvalue weighted by Crippen LogP contribution is 2.25. The van der Waals surface area contributed by atoms with Crippen molar-refractivity contribution < 1.29 is 4.74 Å². The third-order valence-corrected chi connectivity index (χ3v) is 2.00. The fourth-order valence-corrected chi connectivity index (χ4v) is 1.42. The topological polar surface area (TPSA) is 9.23 Å². The lowest BCUT2D eigenvalue weighted by molar-refractivity contribution is 0.234. The van der Waals surface area contributed by atoms with Gasteiger partial charge in [0.05, 0.1) is 6.61 Å². The minimum Gasteiger partial charge on any atom is -0.493 e. The first-order valence-electron chi connectivity index (χ1n) is 3.98. The van der Waals surface area contributed by atoms with Gasteiger partial charge in [-0.15, -0.1) is 0 Å². The average Bonchev–Trinajstić information content (AvgIpc) is 2.04. The smallest absolute Gasteiger partial charge is 0.123 e. The first-order valence-corrected chi connectivity index (χ1v) is 3.98. The molecule has 1 nitrogen and oxygen atoms in total. The van der Waals surface area contributed by atoms with Crippen molar-refractivity contribution in [3.05, 3.63) is 29.8 Å². The van der Waals surface area contributed by atoms with E-state index in [1.54, 1.807) is 0 Å². The summed E-state index contributed by atoms with van der Waals surface area (Å²) in [5.41, 5.74) is 1.32. The molecular weight excluding hydrogens is 136 g/mol. The third kappa shape index (κ3) is 1.23. The molecule has 1 radical (unpaired) electrons. The lowest BCUT2D eigenvalue weighted by atomic mass is 9.99. The standard InChI is InChI=1S/C10H11O/c1-8-6-9-4-2-3-5-10(9)11-7-8/h2,4-5,8H,6-7H2,1H3. The van der Waals surface area contributed by atoms with Gasteiger partial charge >= 0.3 is 0 Å². The van der Waals surface area contributed by atoms with E-state index in [2.05, 4.69) is 19.1 Å². The van der Waals surface area contributed by atoms with Gasteiger partial charge in [-0.3, -0.25) is 0 Å². The van der Waals surface area contributed by atoms with E-state index in [1.807, 2.05) is 12.1 Å². The van der Waals surface area contributed by atoms with Crippen LogP contribution in [0.15, 0.2) is 18.2 Å². The zero-order valence-electron chi connectivity index (χ0n) is 6.63. The minimum absolute atomic E-state index is 0.657. The number of hydrogen-bond donors (Lipinski definition) is 0. The molecule has 1 aromatic rings. The lowest BCUT2D eigenvalue weighted by Crippen LogP contribution is -2.17.